The molecule has 2 aromatic carbocycles. The minimum atomic E-state index is -0.600. The summed E-state index contributed by atoms with van der Waals surface area (Å²) in [5.74, 6) is -1.39. The lowest BCUT2D eigenvalue weighted by Crippen LogP contribution is -2.47. The Balaban J connectivity index is 1.51. The van der Waals surface area contributed by atoms with Crippen molar-refractivity contribution in [2.75, 3.05) is 19.6 Å². The summed E-state index contributed by atoms with van der Waals surface area (Å²) in [7, 11) is 0. The molecule has 30 heavy (non-hydrogen) atoms. The van der Waals surface area contributed by atoms with Crippen molar-refractivity contribution in [1.82, 2.24) is 15.5 Å². The second kappa shape index (κ2) is 9.91. The molecule has 1 heterocycles. The molecule has 0 spiro atoms. The first-order valence-electron chi connectivity index (χ1n) is 9.44. The molecule has 1 saturated heterocycles. The van der Waals surface area contributed by atoms with Gasteiger partial charge in [-0.1, -0.05) is 23.2 Å². The van der Waals surface area contributed by atoms with Crippen LogP contribution in [0.3, 0.4) is 0 Å². The van der Waals surface area contributed by atoms with Crippen LogP contribution in [0, 0.1) is 5.82 Å². The fraction of sp³-hybridized carbons (Fsp3) is 0.286. The van der Waals surface area contributed by atoms with Crippen LogP contribution >= 0.6 is 23.2 Å². The summed E-state index contributed by atoms with van der Waals surface area (Å²) in [6.45, 7) is 0.856. The molecule has 0 radical (unpaired) electrons. The van der Waals surface area contributed by atoms with Crippen LogP contribution in [-0.4, -0.2) is 48.3 Å². The number of halogens is 3. The Bertz CT molecular complexity index is 953. The van der Waals surface area contributed by atoms with E-state index in [0.717, 1.165) is 0 Å². The normalized spacial score (nSPS) is 15.7. The first kappa shape index (κ1) is 22.1. The van der Waals surface area contributed by atoms with E-state index in [1.165, 1.54) is 35.2 Å². The molecule has 3 amide bonds. The quantitative estimate of drug-likeness (QED) is 0.661. The van der Waals surface area contributed by atoms with E-state index >= 15 is 0 Å². The van der Waals surface area contributed by atoms with E-state index in [4.69, 9.17) is 23.2 Å². The third-order valence-corrected chi connectivity index (χ3v) is 5.34. The molecular weight excluding hydrogens is 432 g/mol. The molecule has 0 saturated carbocycles. The summed E-state index contributed by atoms with van der Waals surface area (Å²) < 4.78 is 12.9. The average Bonchev–Trinajstić information content (AvgIpc) is 3.21. The first-order chi connectivity index (χ1) is 14.4. The molecule has 1 aliphatic heterocycles. The standard InChI is InChI=1S/C21H20Cl2FN3O3/c22-14-5-8-16(17(23)12-14)21(30)27-11-1-2-18(27)20(29)26-10-9-25-19(28)13-3-6-15(24)7-4-13/h3-8,12,18H,1-2,9-11H2,(H,25,28)(H,26,29)/t18-/m1/s1. The number of nitrogens with zero attached hydrogens (tertiary/aromatic N) is 1. The summed E-state index contributed by atoms with van der Waals surface area (Å²) >= 11 is 12.0. The molecule has 2 aromatic rings. The highest BCUT2D eigenvalue weighted by Crippen LogP contribution is 2.26. The van der Waals surface area contributed by atoms with Crippen LogP contribution in [0.4, 0.5) is 4.39 Å². The molecule has 2 N–H and O–H groups in total. The SMILES string of the molecule is O=C(NCCNC(=O)[C@H]1CCCN1C(=O)c1ccc(Cl)cc1Cl)c1ccc(F)cc1. The largest absolute Gasteiger partial charge is 0.353 e. The zero-order valence-corrected chi connectivity index (χ0v) is 17.5. The number of carbonyl (C=O) groups is 3. The van der Waals surface area contributed by atoms with Crippen molar-refractivity contribution in [1.29, 1.82) is 0 Å². The van der Waals surface area contributed by atoms with E-state index in [1.54, 1.807) is 12.1 Å². The van der Waals surface area contributed by atoms with Crippen LogP contribution in [0.5, 0.6) is 0 Å². The third-order valence-electron chi connectivity index (χ3n) is 4.79. The molecule has 1 atom stereocenters. The van der Waals surface area contributed by atoms with Gasteiger partial charge in [-0.25, -0.2) is 4.39 Å². The molecule has 9 heteroatoms. The van der Waals surface area contributed by atoms with Gasteiger partial charge in [0.25, 0.3) is 11.8 Å². The Hall–Kier alpha value is -2.64. The van der Waals surface area contributed by atoms with Crippen molar-refractivity contribution in [2.45, 2.75) is 18.9 Å². The lowest BCUT2D eigenvalue weighted by molar-refractivity contribution is -0.124. The lowest BCUT2D eigenvalue weighted by Gasteiger charge is -2.24. The maximum absolute atomic E-state index is 12.9. The van der Waals surface area contributed by atoms with Crippen molar-refractivity contribution in [3.8, 4) is 0 Å². The Morgan fingerprint density at radius 1 is 1.03 bits per heavy atom. The number of nitrogens with one attached hydrogen (secondary N) is 2. The number of likely N-dealkylation sites (tertiary alicyclic amines) is 1. The monoisotopic (exact) mass is 451 g/mol. The van der Waals surface area contributed by atoms with Crippen molar-refractivity contribution in [2.24, 2.45) is 0 Å². The van der Waals surface area contributed by atoms with Crippen LogP contribution in [0.25, 0.3) is 0 Å². The van der Waals surface area contributed by atoms with Gasteiger partial charge in [0.2, 0.25) is 5.91 Å². The van der Waals surface area contributed by atoms with Crippen molar-refractivity contribution in [3.05, 3.63) is 69.5 Å². The van der Waals surface area contributed by atoms with E-state index in [2.05, 4.69) is 10.6 Å². The predicted molar refractivity (Wildman–Crippen MR) is 112 cm³/mol. The zero-order chi connectivity index (χ0) is 21.7. The molecule has 0 aromatic heterocycles. The maximum Gasteiger partial charge on any atom is 0.256 e. The highest BCUT2D eigenvalue weighted by atomic mass is 35.5. The van der Waals surface area contributed by atoms with Gasteiger partial charge in [0, 0.05) is 30.2 Å². The Kier molecular flexibility index (Phi) is 7.29. The van der Waals surface area contributed by atoms with Gasteiger partial charge in [-0.3, -0.25) is 14.4 Å². The molecule has 158 valence electrons. The molecule has 1 aliphatic rings. The summed E-state index contributed by atoms with van der Waals surface area (Å²) in [6, 6.07) is 9.19. The van der Waals surface area contributed by atoms with Crippen molar-refractivity contribution < 1.29 is 18.8 Å². The number of hydrogen-bond donors (Lipinski definition) is 2. The maximum atomic E-state index is 12.9. The zero-order valence-electron chi connectivity index (χ0n) is 16.0. The first-order valence-corrected chi connectivity index (χ1v) is 10.2. The van der Waals surface area contributed by atoms with Crippen LogP contribution in [0.1, 0.15) is 33.6 Å². The number of benzene rings is 2. The summed E-state index contributed by atoms with van der Waals surface area (Å²) in [4.78, 5) is 38.9. The van der Waals surface area contributed by atoms with E-state index in [1.807, 2.05) is 0 Å². The van der Waals surface area contributed by atoms with Gasteiger partial charge in [0.05, 0.1) is 10.6 Å². The second-order valence-corrected chi connectivity index (χ2v) is 7.68. The Labute approximate surface area is 183 Å². The highest BCUT2D eigenvalue weighted by Gasteiger charge is 2.35. The molecule has 6 nitrogen and oxygen atoms in total. The second-order valence-electron chi connectivity index (χ2n) is 6.83. The number of rotatable bonds is 6. The number of carbonyl (C=O) groups excluding carboxylic acids is 3. The van der Waals surface area contributed by atoms with Gasteiger partial charge in [-0.05, 0) is 55.3 Å². The summed E-state index contributed by atoms with van der Waals surface area (Å²) in [6.07, 6.45) is 1.25. The Morgan fingerprint density at radius 3 is 2.43 bits per heavy atom. The fourth-order valence-electron chi connectivity index (χ4n) is 3.28. The molecular formula is C21H20Cl2FN3O3. The van der Waals surface area contributed by atoms with Gasteiger partial charge in [-0.15, -0.1) is 0 Å². The minimum absolute atomic E-state index is 0.200. The van der Waals surface area contributed by atoms with Crippen LogP contribution < -0.4 is 10.6 Å². The van der Waals surface area contributed by atoms with Gasteiger partial charge < -0.3 is 15.5 Å². The fourth-order valence-corrected chi connectivity index (χ4v) is 3.77. The van der Waals surface area contributed by atoms with Crippen LogP contribution in [-0.2, 0) is 4.79 Å². The third kappa shape index (κ3) is 5.29. The van der Waals surface area contributed by atoms with Crippen LogP contribution in [0.2, 0.25) is 10.0 Å². The van der Waals surface area contributed by atoms with E-state index in [9.17, 15) is 18.8 Å². The molecule has 1 fully saturated rings. The molecule has 3 rings (SSSR count). The average molecular weight is 452 g/mol. The molecule has 0 bridgehead atoms. The molecule has 0 unspecified atom stereocenters. The Morgan fingerprint density at radius 2 is 1.73 bits per heavy atom. The smallest absolute Gasteiger partial charge is 0.256 e. The topological polar surface area (TPSA) is 78.5 Å². The van der Waals surface area contributed by atoms with Gasteiger partial charge in [0.1, 0.15) is 11.9 Å². The van der Waals surface area contributed by atoms with Gasteiger partial charge >= 0.3 is 0 Å². The lowest BCUT2D eigenvalue weighted by atomic mass is 10.1. The van der Waals surface area contributed by atoms with Crippen molar-refractivity contribution in [3.63, 3.8) is 0 Å². The highest BCUT2D eigenvalue weighted by molar-refractivity contribution is 6.36. The van der Waals surface area contributed by atoms with E-state index in [0.29, 0.717) is 35.5 Å². The van der Waals surface area contributed by atoms with E-state index < -0.39 is 11.9 Å². The number of hydrogen-bond acceptors (Lipinski definition) is 3. The minimum Gasteiger partial charge on any atom is -0.353 e. The van der Waals surface area contributed by atoms with Crippen molar-refractivity contribution >= 4 is 40.9 Å². The predicted octanol–water partition coefficient (Wildman–Crippen LogP) is 3.28. The van der Waals surface area contributed by atoms with Gasteiger partial charge in [-0.2, -0.15) is 0 Å². The molecule has 0 aliphatic carbocycles. The summed E-state index contributed by atoms with van der Waals surface area (Å²) in [5.41, 5.74) is 0.627. The van der Waals surface area contributed by atoms with Gasteiger partial charge in [0.15, 0.2) is 0 Å². The van der Waals surface area contributed by atoms with E-state index in [-0.39, 0.29) is 35.8 Å². The number of amides is 3. The summed E-state index contributed by atoms with van der Waals surface area (Å²) in [5, 5.41) is 6.05. The van der Waals surface area contributed by atoms with Crippen LogP contribution in [0.15, 0.2) is 42.5 Å².